The Kier molecular flexibility index (Phi) is 2.23. The molecule has 0 spiro atoms. The van der Waals surface area contributed by atoms with Crippen LogP contribution in [0.2, 0.25) is 5.02 Å². The monoisotopic (exact) mass is 193 g/mol. The Bertz CT molecular complexity index is 384. The van der Waals surface area contributed by atoms with Crippen molar-refractivity contribution in [2.24, 2.45) is 0 Å². The van der Waals surface area contributed by atoms with Gasteiger partial charge in [-0.15, -0.1) is 0 Å². The molecule has 0 saturated heterocycles. The molecule has 0 unspecified atom stereocenters. The van der Waals surface area contributed by atoms with E-state index >= 15 is 0 Å². The van der Waals surface area contributed by atoms with Gasteiger partial charge < -0.3 is 9.72 Å². The highest BCUT2D eigenvalue weighted by atomic mass is 35.5. The van der Waals surface area contributed by atoms with Crippen LogP contribution in [0.1, 0.15) is 0 Å². The van der Waals surface area contributed by atoms with Crippen LogP contribution in [0, 0.1) is 0 Å². The Morgan fingerprint density at radius 3 is 2.62 bits per heavy atom. The van der Waals surface area contributed by atoms with Gasteiger partial charge in [0, 0.05) is 12.3 Å². The molecule has 1 N–H and O–H groups in total. The summed E-state index contributed by atoms with van der Waals surface area (Å²) in [6.45, 7) is 0. The first-order chi connectivity index (χ1) is 6.36. The van der Waals surface area contributed by atoms with Gasteiger partial charge in [-0.25, -0.2) is 0 Å². The van der Waals surface area contributed by atoms with Gasteiger partial charge in [0.2, 0.25) is 0 Å². The standard InChI is InChI=1S/C10H8ClNO/c11-8-4-1-2-5-9(8)13-10-6-3-7-12-10/h1-7,12H. The molecule has 1 aromatic carbocycles. The molecule has 0 aliphatic carbocycles. The van der Waals surface area contributed by atoms with Crippen molar-refractivity contribution >= 4 is 11.6 Å². The molecular weight excluding hydrogens is 186 g/mol. The summed E-state index contributed by atoms with van der Waals surface area (Å²) >= 11 is 5.90. The first-order valence-corrected chi connectivity index (χ1v) is 4.30. The second-order valence-electron chi connectivity index (χ2n) is 2.57. The molecule has 3 heteroatoms. The van der Waals surface area contributed by atoms with E-state index < -0.39 is 0 Å². The predicted octanol–water partition coefficient (Wildman–Crippen LogP) is 3.46. The number of ether oxygens (including phenoxy) is 1. The van der Waals surface area contributed by atoms with Crippen molar-refractivity contribution in [3.05, 3.63) is 47.6 Å². The molecule has 2 aromatic rings. The summed E-state index contributed by atoms with van der Waals surface area (Å²) < 4.78 is 5.46. The Morgan fingerprint density at radius 1 is 1.08 bits per heavy atom. The third kappa shape index (κ3) is 1.84. The van der Waals surface area contributed by atoms with E-state index in [1.54, 1.807) is 12.3 Å². The van der Waals surface area contributed by atoms with Gasteiger partial charge in [0.1, 0.15) is 5.75 Å². The van der Waals surface area contributed by atoms with Crippen molar-refractivity contribution in [2.45, 2.75) is 0 Å². The molecular formula is C10H8ClNO. The molecule has 0 bridgehead atoms. The molecule has 0 aliphatic heterocycles. The lowest BCUT2D eigenvalue weighted by Gasteiger charge is -2.03. The Morgan fingerprint density at radius 2 is 1.92 bits per heavy atom. The van der Waals surface area contributed by atoms with Crippen LogP contribution in [0.5, 0.6) is 11.6 Å². The highest BCUT2D eigenvalue weighted by Crippen LogP contribution is 2.27. The molecule has 1 heterocycles. The molecule has 13 heavy (non-hydrogen) atoms. The summed E-state index contributed by atoms with van der Waals surface area (Å²) in [5.74, 6) is 1.35. The van der Waals surface area contributed by atoms with E-state index in [2.05, 4.69) is 4.98 Å². The zero-order valence-electron chi connectivity index (χ0n) is 6.83. The summed E-state index contributed by atoms with van der Waals surface area (Å²) in [7, 11) is 0. The molecule has 0 amide bonds. The van der Waals surface area contributed by atoms with Crippen LogP contribution in [0.4, 0.5) is 0 Å². The average Bonchev–Trinajstić information content (AvgIpc) is 2.61. The predicted molar refractivity (Wildman–Crippen MR) is 52.3 cm³/mol. The largest absolute Gasteiger partial charge is 0.440 e. The van der Waals surface area contributed by atoms with Gasteiger partial charge in [-0.3, -0.25) is 0 Å². The molecule has 0 aliphatic rings. The van der Waals surface area contributed by atoms with Gasteiger partial charge in [0.05, 0.1) is 5.02 Å². The fourth-order valence-electron chi connectivity index (χ4n) is 1.02. The van der Waals surface area contributed by atoms with E-state index in [9.17, 15) is 0 Å². The Balaban J connectivity index is 2.24. The highest BCUT2D eigenvalue weighted by Gasteiger charge is 2.00. The third-order valence-corrected chi connectivity index (χ3v) is 1.94. The average molecular weight is 194 g/mol. The number of para-hydroxylation sites is 1. The van der Waals surface area contributed by atoms with E-state index in [1.807, 2.05) is 30.3 Å². The van der Waals surface area contributed by atoms with Crippen LogP contribution < -0.4 is 4.74 Å². The van der Waals surface area contributed by atoms with Crippen LogP contribution >= 0.6 is 11.6 Å². The molecule has 0 saturated carbocycles. The van der Waals surface area contributed by atoms with Gasteiger partial charge in [0.15, 0.2) is 5.88 Å². The van der Waals surface area contributed by atoms with Crippen molar-refractivity contribution < 1.29 is 4.74 Å². The van der Waals surface area contributed by atoms with Crippen LogP contribution in [0.15, 0.2) is 42.6 Å². The zero-order chi connectivity index (χ0) is 9.10. The molecule has 2 rings (SSSR count). The molecule has 0 fully saturated rings. The fraction of sp³-hybridized carbons (Fsp3) is 0. The Labute approximate surface area is 81.1 Å². The lowest BCUT2D eigenvalue weighted by Crippen LogP contribution is -1.83. The fourth-order valence-corrected chi connectivity index (χ4v) is 1.20. The number of rotatable bonds is 2. The van der Waals surface area contributed by atoms with Gasteiger partial charge in [-0.1, -0.05) is 23.7 Å². The maximum Gasteiger partial charge on any atom is 0.197 e. The maximum absolute atomic E-state index is 5.90. The summed E-state index contributed by atoms with van der Waals surface area (Å²) in [6, 6.07) is 11.1. The van der Waals surface area contributed by atoms with Crippen LogP contribution in [-0.2, 0) is 0 Å². The number of H-pyrrole nitrogens is 1. The lowest BCUT2D eigenvalue weighted by atomic mass is 10.3. The third-order valence-electron chi connectivity index (χ3n) is 1.63. The van der Waals surface area contributed by atoms with E-state index in [0.29, 0.717) is 16.7 Å². The van der Waals surface area contributed by atoms with Gasteiger partial charge in [0.25, 0.3) is 0 Å². The molecule has 0 radical (unpaired) electrons. The lowest BCUT2D eigenvalue weighted by molar-refractivity contribution is 0.466. The topological polar surface area (TPSA) is 25.0 Å². The normalized spacial score (nSPS) is 9.92. The van der Waals surface area contributed by atoms with Gasteiger partial charge >= 0.3 is 0 Å². The van der Waals surface area contributed by atoms with Crippen molar-refractivity contribution in [1.82, 2.24) is 4.98 Å². The number of hydrogen-bond acceptors (Lipinski definition) is 1. The number of aromatic amines is 1. The summed E-state index contributed by atoms with van der Waals surface area (Å²) in [5.41, 5.74) is 0. The van der Waals surface area contributed by atoms with E-state index in [0.717, 1.165) is 0 Å². The minimum atomic E-state index is 0.608. The summed E-state index contributed by atoms with van der Waals surface area (Å²) in [6.07, 6.45) is 1.80. The molecule has 66 valence electrons. The number of aromatic nitrogens is 1. The molecule has 0 atom stereocenters. The van der Waals surface area contributed by atoms with E-state index in [4.69, 9.17) is 16.3 Å². The van der Waals surface area contributed by atoms with Crippen molar-refractivity contribution in [1.29, 1.82) is 0 Å². The number of hydrogen-bond donors (Lipinski definition) is 1. The minimum Gasteiger partial charge on any atom is -0.440 e. The van der Waals surface area contributed by atoms with E-state index in [-0.39, 0.29) is 0 Å². The smallest absolute Gasteiger partial charge is 0.197 e. The summed E-state index contributed by atoms with van der Waals surface area (Å²) in [5, 5.41) is 0.608. The van der Waals surface area contributed by atoms with Crippen molar-refractivity contribution in [3.8, 4) is 11.6 Å². The van der Waals surface area contributed by atoms with Gasteiger partial charge in [-0.2, -0.15) is 0 Å². The van der Waals surface area contributed by atoms with Crippen molar-refractivity contribution in [3.63, 3.8) is 0 Å². The Hall–Kier alpha value is -1.41. The van der Waals surface area contributed by atoms with E-state index in [1.165, 1.54) is 0 Å². The van der Waals surface area contributed by atoms with Crippen LogP contribution in [0.25, 0.3) is 0 Å². The zero-order valence-corrected chi connectivity index (χ0v) is 7.58. The molecule has 2 nitrogen and oxygen atoms in total. The molecule has 1 aromatic heterocycles. The second-order valence-corrected chi connectivity index (χ2v) is 2.97. The SMILES string of the molecule is Clc1ccccc1Oc1ccc[nH]1. The number of halogens is 1. The number of benzene rings is 1. The van der Waals surface area contributed by atoms with Crippen LogP contribution in [0.3, 0.4) is 0 Å². The quantitative estimate of drug-likeness (QED) is 0.777. The first-order valence-electron chi connectivity index (χ1n) is 3.92. The maximum atomic E-state index is 5.90. The minimum absolute atomic E-state index is 0.608. The summed E-state index contributed by atoms with van der Waals surface area (Å²) in [4.78, 5) is 2.93. The second kappa shape index (κ2) is 3.54. The van der Waals surface area contributed by atoms with Crippen molar-refractivity contribution in [2.75, 3.05) is 0 Å². The van der Waals surface area contributed by atoms with Gasteiger partial charge in [-0.05, 0) is 18.2 Å². The number of nitrogens with one attached hydrogen (secondary N) is 1. The van der Waals surface area contributed by atoms with Crippen LogP contribution in [-0.4, -0.2) is 4.98 Å². The first kappa shape index (κ1) is 8.20. The highest BCUT2D eigenvalue weighted by molar-refractivity contribution is 6.32.